The van der Waals surface area contributed by atoms with Gasteiger partial charge in [-0.25, -0.2) is 9.97 Å². The number of aromatic nitrogens is 3. The van der Waals surface area contributed by atoms with Gasteiger partial charge in [0.05, 0.1) is 27.1 Å². The van der Waals surface area contributed by atoms with E-state index in [1.54, 1.807) is 0 Å². The largest absolute Gasteiger partial charge is 0.456 e. The molecule has 0 unspecified atom stereocenters. The first-order chi connectivity index (χ1) is 30.2. The minimum atomic E-state index is 0.647. The molecule has 0 aliphatic carbocycles. The molecular weight excluding hydrogens is 763 g/mol. The van der Waals surface area contributed by atoms with Crippen LogP contribution in [-0.2, 0) is 0 Å². The topological polar surface area (TPSA) is 43.9 Å². The molecule has 0 fully saturated rings. The number of thiophene rings is 1. The highest BCUT2D eigenvalue weighted by atomic mass is 32.1. The lowest BCUT2D eigenvalue weighted by Crippen LogP contribution is -1.97. The number of rotatable bonds is 5. The van der Waals surface area contributed by atoms with Gasteiger partial charge in [-0.3, -0.25) is 0 Å². The molecule has 0 spiro atoms. The number of fused-ring (bicyclic) bond motifs is 11. The number of hydrogen-bond acceptors (Lipinski definition) is 4. The third kappa shape index (κ3) is 5.31. The molecule has 0 atom stereocenters. The van der Waals surface area contributed by atoms with E-state index in [1.807, 2.05) is 23.5 Å². The van der Waals surface area contributed by atoms with E-state index in [1.165, 1.54) is 47.2 Å². The van der Waals surface area contributed by atoms with E-state index >= 15 is 0 Å². The van der Waals surface area contributed by atoms with Crippen molar-refractivity contribution in [1.29, 1.82) is 0 Å². The van der Waals surface area contributed by atoms with Gasteiger partial charge in [0.1, 0.15) is 11.2 Å². The Hall–Kier alpha value is -7.86. The summed E-state index contributed by atoms with van der Waals surface area (Å²) in [6.45, 7) is 0. The Kier molecular flexibility index (Phi) is 7.44. The Morgan fingerprint density at radius 3 is 1.89 bits per heavy atom. The SMILES string of the molecule is c1ccc(-c2cc(-c3ccccc3)nc(-c3cc(-c4cccc5ccccc45)cc4oc5cc(-n6c7ccccc7c7ccc8c9ccccc9sc8c76)ccc5c34)n2)cc1. The van der Waals surface area contributed by atoms with Crippen molar-refractivity contribution in [1.82, 2.24) is 14.5 Å². The fourth-order valence-corrected chi connectivity index (χ4v) is 10.7. The lowest BCUT2D eigenvalue weighted by molar-refractivity contribution is 0.669. The molecule has 0 aliphatic heterocycles. The molecule has 5 heteroatoms. The Balaban J connectivity index is 1.10. The van der Waals surface area contributed by atoms with Gasteiger partial charge in [-0.2, -0.15) is 0 Å². The van der Waals surface area contributed by atoms with E-state index < -0.39 is 0 Å². The second-order valence-corrected chi connectivity index (χ2v) is 16.7. The van der Waals surface area contributed by atoms with E-state index in [4.69, 9.17) is 14.4 Å². The van der Waals surface area contributed by atoms with Crippen molar-refractivity contribution >= 4 is 86.0 Å². The molecule has 4 aromatic heterocycles. The monoisotopic (exact) mass is 795 g/mol. The average molecular weight is 796 g/mol. The number of para-hydroxylation sites is 1. The van der Waals surface area contributed by atoms with Crippen LogP contribution in [0, 0.1) is 0 Å². The predicted octanol–water partition coefficient (Wildman–Crippen LogP) is 15.7. The second-order valence-electron chi connectivity index (χ2n) is 15.7. The van der Waals surface area contributed by atoms with Crippen molar-refractivity contribution in [3.63, 3.8) is 0 Å². The summed E-state index contributed by atoms with van der Waals surface area (Å²) in [7, 11) is 0. The van der Waals surface area contributed by atoms with Crippen molar-refractivity contribution in [2.45, 2.75) is 0 Å². The third-order valence-electron chi connectivity index (χ3n) is 12.2. The zero-order valence-electron chi connectivity index (χ0n) is 32.7. The molecule has 0 saturated carbocycles. The summed E-state index contributed by atoms with van der Waals surface area (Å²) in [5.74, 6) is 0.647. The summed E-state index contributed by atoms with van der Waals surface area (Å²) in [5, 5.41) is 9.40. The molecule has 0 saturated heterocycles. The second kappa shape index (κ2) is 13.3. The first-order valence-corrected chi connectivity index (χ1v) is 21.4. The van der Waals surface area contributed by atoms with E-state index in [0.717, 1.165) is 72.3 Å². The highest BCUT2D eigenvalue weighted by Crippen LogP contribution is 2.45. The zero-order chi connectivity index (χ0) is 40.0. The van der Waals surface area contributed by atoms with Crippen LogP contribution >= 0.6 is 11.3 Å². The van der Waals surface area contributed by atoms with E-state index in [2.05, 4.69) is 193 Å². The highest BCUT2D eigenvalue weighted by Gasteiger charge is 2.22. The highest BCUT2D eigenvalue weighted by molar-refractivity contribution is 7.26. The van der Waals surface area contributed by atoms with Crippen LogP contribution in [0.25, 0.3) is 125 Å². The molecule has 0 amide bonds. The summed E-state index contributed by atoms with van der Waals surface area (Å²) in [6, 6.07) is 71.1. The normalized spacial score (nSPS) is 11.9. The first kappa shape index (κ1) is 34.0. The van der Waals surface area contributed by atoms with Crippen molar-refractivity contribution in [2.24, 2.45) is 0 Å². The Bertz CT molecular complexity index is 3820. The van der Waals surface area contributed by atoms with Gasteiger partial charge in [-0.05, 0) is 64.4 Å². The van der Waals surface area contributed by atoms with Gasteiger partial charge >= 0.3 is 0 Å². The first-order valence-electron chi connectivity index (χ1n) is 20.6. The van der Waals surface area contributed by atoms with Crippen LogP contribution in [0.4, 0.5) is 0 Å². The summed E-state index contributed by atoms with van der Waals surface area (Å²) >= 11 is 1.86. The molecule has 284 valence electrons. The van der Waals surface area contributed by atoms with Crippen LogP contribution in [0.3, 0.4) is 0 Å². The van der Waals surface area contributed by atoms with Crippen LogP contribution in [0.5, 0.6) is 0 Å². The molecule has 61 heavy (non-hydrogen) atoms. The van der Waals surface area contributed by atoms with E-state index in [0.29, 0.717) is 5.82 Å². The Morgan fingerprint density at radius 2 is 1.08 bits per heavy atom. The fourth-order valence-electron chi connectivity index (χ4n) is 9.42. The summed E-state index contributed by atoms with van der Waals surface area (Å²) < 4.78 is 12.1. The number of hydrogen-bond donors (Lipinski definition) is 0. The molecule has 0 N–H and O–H groups in total. The Labute approximate surface area is 354 Å². The summed E-state index contributed by atoms with van der Waals surface area (Å²) in [4.78, 5) is 10.7. The predicted molar refractivity (Wildman–Crippen MR) is 256 cm³/mol. The third-order valence-corrected chi connectivity index (χ3v) is 13.4. The van der Waals surface area contributed by atoms with Gasteiger partial charge in [-0.1, -0.05) is 152 Å². The standard InChI is InChI=1S/C56H33N3OS/c1-3-15-35(16-4-1)47-33-48(36-17-5-2-6-18-36)58-56(57-47)46-30-37(40-23-13-19-34-14-7-8-20-39(34)40)31-51-53(46)45-27-26-38(32-50(45)60-51)59-49-24-11-9-21-41(49)43-28-29-44-42-22-10-12-25-52(42)61-55(44)54(43)59/h1-33H. The van der Waals surface area contributed by atoms with Gasteiger partial charge in [-0.15, -0.1) is 11.3 Å². The molecule has 4 heterocycles. The maximum Gasteiger partial charge on any atom is 0.161 e. The lowest BCUT2D eigenvalue weighted by atomic mass is 9.94. The van der Waals surface area contributed by atoms with E-state index in [-0.39, 0.29) is 0 Å². The lowest BCUT2D eigenvalue weighted by Gasteiger charge is -2.13. The van der Waals surface area contributed by atoms with Gasteiger partial charge in [0.25, 0.3) is 0 Å². The van der Waals surface area contributed by atoms with Gasteiger partial charge in [0.15, 0.2) is 5.82 Å². The molecular formula is C56H33N3OS. The molecule has 0 radical (unpaired) electrons. The minimum absolute atomic E-state index is 0.647. The van der Waals surface area contributed by atoms with E-state index in [9.17, 15) is 0 Å². The molecule has 9 aromatic carbocycles. The smallest absolute Gasteiger partial charge is 0.161 e. The molecule has 13 aromatic rings. The maximum absolute atomic E-state index is 7.05. The van der Waals surface area contributed by atoms with Crippen LogP contribution in [0.15, 0.2) is 205 Å². The van der Waals surface area contributed by atoms with Crippen LogP contribution < -0.4 is 0 Å². The maximum atomic E-state index is 7.05. The fraction of sp³-hybridized carbons (Fsp3) is 0. The molecule has 0 aliphatic rings. The zero-order valence-corrected chi connectivity index (χ0v) is 33.5. The molecule has 4 nitrogen and oxygen atoms in total. The Morgan fingerprint density at radius 1 is 0.426 bits per heavy atom. The number of benzene rings is 9. The molecule has 0 bridgehead atoms. The summed E-state index contributed by atoms with van der Waals surface area (Å²) in [5.41, 5.74) is 11.9. The van der Waals surface area contributed by atoms with Crippen molar-refractivity contribution in [3.05, 3.63) is 200 Å². The minimum Gasteiger partial charge on any atom is -0.456 e. The van der Waals surface area contributed by atoms with Crippen molar-refractivity contribution in [2.75, 3.05) is 0 Å². The number of furan rings is 1. The van der Waals surface area contributed by atoms with Crippen LogP contribution in [0.2, 0.25) is 0 Å². The molecule has 13 rings (SSSR count). The van der Waals surface area contributed by atoms with Crippen LogP contribution in [-0.4, -0.2) is 14.5 Å². The van der Waals surface area contributed by atoms with Crippen molar-refractivity contribution in [3.8, 4) is 50.7 Å². The van der Waals surface area contributed by atoms with Gasteiger partial charge < -0.3 is 8.98 Å². The van der Waals surface area contributed by atoms with Crippen molar-refractivity contribution < 1.29 is 4.42 Å². The van der Waals surface area contributed by atoms with Gasteiger partial charge in [0, 0.05) is 65.5 Å². The van der Waals surface area contributed by atoms with Gasteiger partial charge in [0.2, 0.25) is 0 Å². The number of nitrogens with zero attached hydrogens (tertiary/aromatic N) is 3. The average Bonchev–Trinajstić information content (AvgIpc) is 4.01. The quantitative estimate of drug-likeness (QED) is 0.174. The summed E-state index contributed by atoms with van der Waals surface area (Å²) in [6.07, 6.45) is 0. The van der Waals surface area contributed by atoms with Crippen LogP contribution in [0.1, 0.15) is 0 Å².